The molecule has 0 saturated carbocycles. The molecule has 3 heteroatoms. The molecule has 2 unspecified atom stereocenters. The Morgan fingerprint density at radius 2 is 2.46 bits per heavy atom. The maximum atomic E-state index is 5.76. The Kier molecular flexibility index (Phi) is 2.67. The summed E-state index contributed by atoms with van der Waals surface area (Å²) in [6, 6.07) is 2.65. The van der Waals surface area contributed by atoms with E-state index in [1.165, 1.54) is 10.4 Å². The van der Waals surface area contributed by atoms with Crippen molar-refractivity contribution in [2.75, 3.05) is 13.2 Å². The molecular weight excluding hydrogens is 182 g/mol. The second kappa shape index (κ2) is 3.78. The van der Waals surface area contributed by atoms with Crippen LogP contribution in [0.15, 0.2) is 11.4 Å². The summed E-state index contributed by atoms with van der Waals surface area (Å²) >= 11 is 1.79. The van der Waals surface area contributed by atoms with E-state index in [-0.39, 0.29) is 6.10 Å². The Morgan fingerprint density at radius 3 is 3.00 bits per heavy atom. The molecule has 2 rings (SSSR count). The SMILES string of the molecule is Cc1ccsc1C1CNC(C)CO1. The van der Waals surface area contributed by atoms with E-state index in [4.69, 9.17) is 4.74 Å². The maximum Gasteiger partial charge on any atom is 0.104 e. The van der Waals surface area contributed by atoms with E-state index in [2.05, 4.69) is 30.6 Å². The molecule has 0 radical (unpaired) electrons. The third-order valence-electron chi connectivity index (χ3n) is 2.39. The molecule has 2 atom stereocenters. The van der Waals surface area contributed by atoms with Gasteiger partial charge in [-0.2, -0.15) is 0 Å². The smallest absolute Gasteiger partial charge is 0.104 e. The van der Waals surface area contributed by atoms with Gasteiger partial charge in [0.25, 0.3) is 0 Å². The highest BCUT2D eigenvalue weighted by molar-refractivity contribution is 7.10. The van der Waals surface area contributed by atoms with Crippen molar-refractivity contribution in [3.05, 3.63) is 21.9 Å². The van der Waals surface area contributed by atoms with Crippen LogP contribution >= 0.6 is 11.3 Å². The van der Waals surface area contributed by atoms with Gasteiger partial charge >= 0.3 is 0 Å². The lowest BCUT2D eigenvalue weighted by Gasteiger charge is -2.28. The van der Waals surface area contributed by atoms with Crippen molar-refractivity contribution in [3.63, 3.8) is 0 Å². The number of hydrogen-bond acceptors (Lipinski definition) is 3. The molecule has 1 N–H and O–H groups in total. The predicted octanol–water partition coefficient (Wildman–Crippen LogP) is 2.11. The number of hydrogen-bond donors (Lipinski definition) is 1. The van der Waals surface area contributed by atoms with E-state index < -0.39 is 0 Å². The summed E-state index contributed by atoms with van der Waals surface area (Å²) in [6.07, 6.45) is 0.274. The Morgan fingerprint density at radius 1 is 1.62 bits per heavy atom. The molecule has 0 aromatic carbocycles. The van der Waals surface area contributed by atoms with E-state index in [9.17, 15) is 0 Å². The number of ether oxygens (including phenoxy) is 1. The molecule has 0 aliphatic carbocycles. The van der Waals surface area contributed by atoms with Crippen molar-refractivity contribution in [1.82, 2.24) is 5.32 Å². The lowest BCUT2D eigenvalue weighted by molar-refractivity contribution is 0.00871. The Bertz CT molecular complexity index is 276. The monoisotopic (exact) mass is 197 g/mol. The molecule has 1 aromatic heterocycles. The summed E-state index contributed by atoms with van der Waals surface area (Å²) in [5.41, 5.74) is 1.35. The fourth-order valence-corrected chi connectivity index (χ4v) is 2.55. The first kappa shape index (κ1) is 9.19. The molecule has 1 aliphatic rings. The van der Waals surface area contributed by atoms with Crippen LogP contribution in [-0.2, 0) is 4.74 Å². The molecule has 13 heavy (non-hydrogen) atoms. The first-order chi connectivity index (χ1) is 6.27. The van der Waals surface area contributed by atoms with E-state index in [1.807, 2.05) is 0 Å². The fraction of sp³-hybridized carbons (Fsp3) is 0.600. The standard InChI is InChI=1S/C10H15NOS/c1-7-3-4-13-10(7)9-5-11-8(2)6-12-9/h3-4,8-9,11H,5-6H2,1-2H3. The van der Waals surface area contributed by atoms with Crippen LogP contribution in [0.4, 0.5) is 0 Å². The van der Waals surface area contributed by atoms with Crippen molar-refractivity contribution in [2.45, 2.75) is 26.0 Å². The summed E-state index contributed by atoms with van der Waals surface area (Å²) in [5, 5.41) is 5.56. The van der Waals surface area contributed by atoms with Crippen LogP contribution in [0.25, 0.3) is 0 Å². The minimum atomic E-state index is 0.274. The molecule has 1 saturated heterocycles. The summed E-state index contributed by atoms with van der Waals surface area (Å²) < 4.78 is 5.76. The average Bonchev–Trinajstić information content (AvgIpc) is 2.53. The number of thiophene rings is 1. The summed E-state index contributed by atoms with van der Waals surface area (Å²) in [5.74, 6) is 0. The van der Waals surface area contributed by atoms with Crippen LogP contribution in [0.1, 0.15) is 23.5 Å². The van der Waals surface area contributed by atoms with Gasteiger partial charge in [0, 0.05) is 17.5 Å². The average molecular weight is 197 g/mol. The van der Waals surface area contributed by atoms with E-state index in [0.29, 0.717) is 6.04 Å². The fourth-order valence-electron chi connectivity index (χ4n) is 1.57. The lowest BCUT2D eigenvalue weighted by atomic mass is 10.1. The third-order valence-corrected chi connectivity index (χ3v) is 3.50. The summed E-state index contributed by atoms with van der Waals surface area (Å²) in [4.78, 5) is 1.37. The predicted molar refractivity (Wildman–Crippen MR) is 55.2 cm³/mol. The normalized spacial score (nSPS) is 29.1. The molecule has 0 amide bonds. The zero-order chi connectivity index (χ0) is 9.26. The van der Waals surface area contributed by atoms with Crippen LogP contribution in [0, 0.1) is 6.92 Å². The van der Waals surface area contributed by atoms with Crippen LogP contribution in [-0.4, -0.2) is 19.2 Å². The highest BCUT2D eigenvalue weighted by Gasteiger charge is 2.21. The summed E-state index contributed by atoms with van der Waals surface area (Å²) in [6.45, 7) is 6.06. The largest absolute Gasteiger partial charge is 0.370 e. The first-order valence-electron chi connectivity index (χ1n) is 4.66. The van der Waals surface area contributed by atoms with Gasteiger partial charge in [0.2, 0.25) is 0 Å². The molecule has 1 aliphatic heterocycles. The van der Waals surface area contributed by atoms with Crippen LogP contribution < -0.4 is 5.32 Å². The molecule has 2 heterocycles. The van der Waals surface area contributed by atoms with Crippen LogP contribution in [0.2, 0.25) is 0 Å². The second-order valence-corrected chi connectivity index (χ2v) is 4.55. The van der Waals surface area contributed by atoms with E-state index >= 15 is 0 Å². The molecule has 1 aromatic rings. The van der Waals surface area contributed by atoms with E-state index in [1.54, 1.807) is 11.3 Å². The third kappa shape index (κ3) is 1.93. The number of morpholine rings is 1. The van der Waals surface area contributed by atoms with Crippen molar-refractivity contribution < 1.29 is 4.74 Å². The Balaban J connectivity index is 2.06. The molecule has 1 fully saturated rings. The molecular formula is C10H15NOS. The zero-order valence-corrected chi connectivity index (χ0v) is 8.86. The number of aryl methyl sites for hydroxylation is 1. The summed E-state index contributed by atoms with van der Waals surface area (Å²) in [7, 11) is 0. The van der Waals surface area contributed by atoms with Crippen LogP contribution in [0.3, 0.4) is 0 Å². The van der Waals surface area contributed by atoms with Gasteiger partial charge in [-0.25, -0.2) is 0 Å². The van der Waals surface area contributed by atoms with Crippen molar-refractivity contribution in [2.24, 2.45) is 0 Å². The number of rotatable bonds is 1. The Labute approximate surface area is 82.9 Å². The highest BCUT2D eigenvalue weighted by atomic mass is 32.1. The van der Waals surface area contributed by atoms with Gasteiger partial charge < -0.3 is 10.1 Å². The van der Waals surface area contributed by atoms with Gasteiger partial charge in [0.05, 0.1) is 6.61 Å². The van der Waals surface area contributed by atoms with Crippen molar-refractivity contribution in [3.8, 4) is 0 Å². The van der Waals surface area contributed by atoms with Crippen molar-refractivity contribution >= 4 is 11.3 Å². The van der Waals surface area contributed by atoms with Gasteiger partial charge in [-0.05, 0) is 30.9 Å². The quantitative estimate of drug-likeness (QED) is 0.744. The lowest BCUT2D eigenvalue weighted by Crippen LogP contribution is -2.40. The van der Waals surface area contributed by atoms with Gasteiger partial charge in [-0.3, -0.25) is 0 Å². The van der Waals surface area contributed by atoms with Gasteiger partial charge in [0.15, 0.2) is 0 Å². The van der Waals surface area contributed by atoms with E-state index in [0.717, 1.165) is 13.2 Å². The van der Waals surface area contributed by atoms with Crippen LogP contribution in [0.5, 0.6) is 0 Å². The minimum absolute atomic E-state index is 0.274. The zero-order valence-electron chi connectivity index (χ0n) is 8.04. The highest BCUT2D eigenvalue weighted by Crippen LogP contribution is 2.27. The van der Waals surface area contributed by atoms with Gasteiger partial charge in [-0.15, -0.1) is 11.3 Å². The topological polar surface area (TPSA) is 21.3 Å². The second-order valence-electron chi connectivity index (χ2n) is 3.60. The molecule has 2 nitrogen and oxygen atoms in total. The molecule has 72 valence electrons. The number of nitrogens with one attached hydrogen (secondary N) is 1. The molecule has 0 spiro atoms. The Hall–Kier alpha value is -0.380. The minimum Gasteiger partial charge on any atom is -0.370 e. The van der Waals surface area contributed by atoms with Gasteiger partial charge in [-0.1, -0.05) is 0 Å². The first-order valence-corrected chi connectivity index (χ1v) is 5.54. The molecule has 0 bridgehead atoms. The van der Waals surface area contributed by atoms with Gasteiger partial charge in [0.1, 0.15) is 6.10 Å². The van der Waals surface area contributed by atoms with Crippen molar-refractivity contribution in [1.29, 1.82) is 0 Å². The maximum absolute atomic E-state index is 5.76.